The van der Waals surface area contributed by atoms with E-state index in [-0.39, 0.29) is 5.41 Å². The molecule has 0 amide bonds. The van der Waals surface area contributed by atoms with Gasteiger partial charge in [-0.3, -0.25) is 0 Å². The number of aliphatic hydroxyl groups excluding tert-OH is 1. The van der Waals surface area contributed by atoms with Gasteiger partial charge in [0.15, 0.2) is 0 Å². The van der Waals surface area contributed by atoms with Crippen LogP contribution in [0.2, 0.25) is 0 Å². The van der Waals surface area contributed by atoms with Crippen molar-refractivity contribution in [1.29, 1.82) is 0 Å². The average Bonchev–Trinajstić information content (AvgIpc) is 2.49. The molecule has 2 N–H and O–H groups in total. The first-order valence-corrected chi connectivity index (χ1v) is 7.62. The van der Waals surface area contributed by atoms with Crippen molar-refractivity contribution in [1.82, 2.24) is 5.32 Å². The maximum Gasteiger partial charge on any atom is 0.0499 e. The molecule has 0 saturated heterocycles. The highest BCUT2D eigenvalue weighted by atomic mass is 16.3. The van der Waals surface area contributed by atoms with Crippen LogP contribution in [0, 0.1) is 5.41 Å². The van der Waals surface area contributed by atoms with E-state index in [0.29, 0.717) is 12.5 Å². The summed E-state index contributed by atoms with van der Waals surface area (Å²) in [7, 11) is 0. The van der Waals surface area contributed by atoms with Crippen molar-refractivity contribution < 1.29 is 5.11 Å². The number of hydrogen-bond acceptors (Lipinski definition) is 2. The van der Waals surface area contributed by atoms with Gasteiger partial charge in [-0.05, 0) is 24.3 Å². The van der Waals surface area contributed by atoms with E-state index in [9.17, 15) is 5.11 Å². The Morgan fingerprint density at radius 1 is 1.16 bits per heavy atom. The average molecular weight is 261 g/mol. The highest BCUT2D eigenvalue weighted by Gasteiger charge is 2.30. The van der Waals surface area contributed by atoms with Crippen molar-refractivity contribution in [2.75, 3.05) is 19.7 Å². The summed E-state index contributed by atoms with van der Waals surface area (Å²) < 4.78 is 0. The van der Waals surface area contributed by atoms with Crippen LogP contribution in [-0.4, -0.2) is 24.8 Å². The standard InChI is InChI=1S/C17H27NO/c1-15(16-8-4-2-5-9-16)12-18-13-17(14-19)10-6-3-7-11-17/h2,4-5,8-9,15,18-19H,3,6-7,10-14H2,1H3. The smallest absolute Gasteiger partial charge is 0.0499 e. The van der Waals surface area contributed by atoms with Crippen LogP contribution in [0.3, 0.4) is 0 Å². The first-order chi connectivity index (χ1) is 9.26. The Hall–Kier alpha value is -0.860. The lowest BCUT2D eigenvalue weighted by atomic mass is 9.74. The number of benzene rings is 1. The fraction of sp³-hybridized carbons (Fsp3) is 0.647. The zero-order valence-electron chi connectivity index (χ0n) is 12.1. The molecule has 2 rings (SSSR count). The summed E-state index contributed by atoms with van der Waals surface area (Å²) in [5, 5.41) is 13.3. The molecule has 1 saturated carbocycles. The van der Waals surface area contributed by atoms with Crippen molar-refractivity contribution in [3.05, 3.63) is 35.9 Å². The van der Waals surface area contributed by atoms with Crippen LogP contribution in [0.25, 0.3) is 0 Å². The summed E-state index contributed by atoms with van der Waals surface area (Å²) in [6, 6.07) is 10.6. The van der Waals surface area contributed by atoms with Crippen LogP contribution in [0.5, 0.6) is 0 Å². The first kappa shape index (κ1) is 14.5. The number of hydrogen-bond donors (Lipinski definition) is 2. The SMILES string of the molecule is CC(CNCC1(CO)CCCCC1)c1ccccc1. The minimum atomic E-state index is 0.147. The van der Waals surface area contributed by atoms with Gasteiger partial charge in [0.25, 0.3) is 0 Å². The molecule has 0 aromatic heterocycles. The quantitative estimate of drug-likeness (QED) is 0.823. The molecular formula is C17H27NO. The van der Waals surface area contributed by atoms with Gasteiger partial charge >= 0.3 is 0 Å². The van der Waals surface area contributed by atoms with Crippen molar-refractivity contribution in [2.24, 2.45) is 5.41 Å². The molecule has 1 aliphatic carbocycles. The molecule has 0 heterocycles. The maximum atomic E-state index is 9.68. The van der Waals surface area contributed by atoms with Crippen LogP contribution in [0.1, 0.15) is 50.5 Å². The summed E-state index contributed by atoms with van der Waals surface area (Å²) in [6.07, 6.45) is 6.24. The largest absolute Gasteiger partial charge is 0.396 e. The van der Waals surface area contributed by atoms with Crippen LogP contribution >= 0.6 is 0 Å². The van der Waals surface area contributed by atoms with E-state index in [4.69, 9.17) is 0 Å². The molecule has 1 atom stereocenters. The number of rotatable bonds is 6. The first-order valence-electron chi connectivity index (χ1n) is 7.62. The summed E-state index contributed by atoms with van der Waals surface area (Å²) in [6.45, 7) is 4.54. The lowest BCUT2D eigenvalue weighted by Crippen LogP contribution is -2.40. The van der Waals surface area contributed by atoms with Crippen molar-refractivity contribution >= 4 is 0 Å². The normalized spacial score (nSPS) is 20.1. The second-order valence-corrected chi connectivity index (χ2v) is 6.16. The van der Waals surface area contributed by atoms with Gasteiger partial charge in [-0.2, -0.15) is 0 Å². The van der Waals surface area contributed by atoms with E-state index >= 15 is 0 Å². The van der Waals surface area contributed by atoms with Crippen molar-refractivity contribution in [3.8, 4) is 0 Å². The fourth-order valence-electron chi connectivity index (χ4n) is 3.15. The monoisotopic (exact) mass is 261 g/mol. The fourth-order valence-corrected chi connectivity index (χ4v) is 3.15. The molecule has 0 spiro atoms. The summed E-state index contributed by atoms with van der Waals surface area (Å²) >= 11 is 0. The van der Waals surface area contributed by atoms with Gasteiger partial charge < -0.3 is 10.4 Å². The van der Waals surface area contributed by atoms with Gasteiger partial charge in [-0.15, -0.1) is 0 Å². The Bertz CT molecular complexity index is 357. The van der Waals surface area contributed by atoms with E-state index in [2.05, 4.69) is 42.6 Å². The van der Waals surface area contributed by atoms with Gasteiger partial charge in [-0.1, -0.05) is 56.5 Å². The molecule has 1 aromatic carbocycles. The topological polar surface area (TPSA) is 32.3 Å². The van der Waals surface area contributed by atoms with E-state index < -0.39 is 0 Å². The molecule has 106 valence electrons. The predicted molar refractivity (Wildman–Crippen MR) is 80.3 cm³/mol. The molecule has 19 heavy (non-hydrogen) atoms. The van der Waals surface area contributed by atoms with Gasteiger partial charge in [-0.25, -0.2) is 0 Å². The zero-order valence-corrected chi connectivity index (χ0v) is 12.1. The molecular weight excluding hydrogens is 234 g/mol. The lowest BCUT2D eigenvalue weighted by Gasteiger charge is -2.36. The Morgan fingerprint density at radius 2 is 1.84 bits per heavy atom. The Kier molecular flexibility index (Phi) is 5.41. The Labute approximate surface area is 117 Å². The second-order valence-electron chi connectivity index (χ2n) is 6.16. The van der Waals surface area contributed by atoms with Crippen LogP contribution < -0.4 is 5.32 Å². The van der Waals surface area contributed by atoms with E-state index in [1.807, 2.05) is 0 Å². The molecule has 1 fully saturated rings. The summed E-state index contributed by atoms with van der Waals surface area (Å²) in [4.78, 5) is 0. The van der Waals surface area contributed by atoms with Crippen molar-refractivity contribution in [2.45, 2.75) is 44.9 Å². The van der Waals surface area contributed by atoms with Crippen molar-refractivity contribution in [3.63, 3.8) is 0 Å². The maximum absolute atomic E-state index is 9.68. The van der Waals surface area contributed by atoms with Crippen LogP contribution in [-0.2, 0) is 0 Å². The van der Waals surface area contributed by atoms with Crippen LogP contribution in [0.15, 0.2) is 30.3 Å². The third-order valence-corrected chi connectivity index (χ3v) is 4.57. The molecule has 2 heteroatoms. The summed E-state index contributed by atoms with van der Waals surface area (Å²) in [5.74, 6) is 0.528. The van der Waals surface area contributed by atoms with E-state index in [1.54, 1.807) is 0 Å². The van der Waals surface area contributed by atoms with Gasteiger partial charge in [0, 0.05) is 25.1 Å². The van der Waals surface area contributed by atoms with Gasteiger partial charge in [0.2, 0.25) is 0 Å². The number of nitrogens with one attached hydrogen (secondary N) is 1. The molecule has 0 aliphatic heterocycles. The molecule has 1 aliphatic rings. The van der Waals surface area contributed by atoms with Gasteiger partial charge in [0.1, 0.15) is 0 Å². The Morgan fingerprint density at radius 3 is 2.47 bits per heavy atom. The predicted octanol–water partition coefficient (Wildman–Crippen LogP) is 3.32. The van der Waals surface area contributed by atoms with Gasteiger partial charge in [0.05, 0.1) is 0 Å². The zero-order chi connectivity index (χ0) is 13.6. The molecule has 2 nitrogen and oxygen atoms in total. The third-order valence-electron chi connectivity index (χ3n) is 4.57. The molecule has 0 bridgehead atoms. The second kappa shape index (κ2) is 7.06. The lowest BCUT2D eigenvalue weighted by molar-refractivity contribution is 0.0812. The highest BCUT2D eigenvalue weighted by molar-refractivity contribution is 5.18. The van der Waals surface area contributed by atoms with E-state index in [0.717, 1.165) is 13.1 Å². The minimum Gasteiger partial charge on any atom is -0.396 e. The molecule has 0 radical (unpaired) electrons. The number of aliphatic hydroxyl groups is 1. The minimum absolute atomic E-state index is 0.147. The summed E-state index contributed by atoms with van der Waals surface area (Å²) in [5.41, 5.74) is 1.53. The van der Waals surface area contributed by atoms with Crippen LogP contribution in [0.4, 0.5) is 0 Å². The highest BCUT2D eigenvalue weighted by Crippen LogP contribution is 2.35. The third kappa shape index (κ3) is 4.05. The Balaban J connectivity index is 1.79. The van der Waals surface area contributed by atoms with E-state index in [1.165, 1.54) is 37.7 Å². The molecule has 1 aromatic rings. The molecule has 1 unspecified atom stereocenters.